The maximum atomic E-state index is 12.4. The van der Waals surface area contributed by atoms with Crippen molar-refractivity contribution in [2.45, 2.75) is 59.0 Å². The van der Waals surface area contributed by atoms with E-state index in [-0.39, 0.29) is 23.0 Å². The van der Waals surface area contributed by atoms with Crippen LogP contribution in [0.2, 0.25) is 0 Å². The summed E-state index contributed by atoms with van der Waals surface area (Å²) in [7, 11) is 1.66. The normalized spacial score (nSPS) is 18.5. The Balaban J connectivity index is 1.91. The highest BCUT2D eigenvalue weighted by atomic mass is 16.5. The molecule has 0 aliphatic heterocycles. The summed E-state index contributed by atoms with van der Waals surface area (Å²) in [5, 5.41) is 10.8. The zero-order valence-corrected chi connectivity index (χ0v) is 17.1. The number of carbonyl (C=O) groups excluding carboxylic acids is 1. The molecule has 0 bridgehead atoms. The number of nitrogens with one attached hydrogen (secondary N) is 2. The van der Waals surface area contributed by atoms with E-state index in [0.29, 0.717) is 0 Å². The molecule has 0 spiro atoms. The average Bonchev–Trinajstić information content (AvgIpc) is 2.95. The molecule has 1 aromatic carbocycles. The lowest BCUT2D eigenvalue weighted by molar-refractivity contribution is 0.213. The summed E-state index contributed by atoms with van der Waals surface area (Å²) in [4.78, 5) is 12.4. The van der Waals surface area contributed by atoms with Gasteiger partial charge in [0.15, 0.2) is 0 Å². The summed E-state index contributed by atoms with van der Waals surface area (Å²) in [6.45, 7) is 10.4. The Kier molecular flexibility index (Phi) is 4.93. The molecule has 146 valence electrons. The Labute approximate surface area is 161 Å². The molecule has 1 heterocycles. The zero-order chi connectivity index (χ0) is 19.8. The molecule has 0 fully saturated rings. The third-order valence-corrected chi connectivity index (χ3v) is 4.79. The van der Waals surface area contributed by atoms with Gasteiger partial charge >= 0.3 is 6.03 Å². The van der Waals surface area contributed by atoms with Crippen molar-refractivity contribution in [3.05, 3.63) is 41.7 Å². The zero-order valence-electron chi connectivity index (χ0n) is 17.1. The van der Waals surface area contributed by atoms with Crippen LogP contribution in [0, 0.1) is 5.41 Å². The lowest BCUT2D eigenvalue weighted by Crippen LogP contribution is -2.48. The lowest BCUT2D eigenvalue weighted by atomic mass is 9.74. The maximum Gasteiger partial charge on any atom is 0.315 e. The van der Waals surface area contributed by atoms with Crippen LogP contribution in [0.25, 0.3) is 5.69 Å². The summed E-state index contributed by atoms with van der Waals surface area (Å²) >= 11 is 0. The third-order valence-electron chi connectivity index (χ3n) is 4.79. The minimum absolute atomic E-state index is 0.0573. The monoisotopic (exact) mass is 370 g/mol. The van der Waals surface area contributed by atoms with Gasteiger partial charge in [0.2, 0.25) is 0 Å². The average molecular weight is 370 g/mol. The van der Waals surface area contributed by atoms with Crippen molar-refractivity contribution in [1.82, 2.24) is 20.4 Å². The molecule has 1 aromatic heterocycles. The largest absolute Gasteiger partial charge is 0.497 e. The number of methoxy groups -OCH3 is 1. The molecular formula is C21H30N4O2. The van der Waals surface area contributed by atoms with Crippen molar-refractivity contribution in [2.24, 2.45) is 5.41 Å². The van der Waals surface area contributed by atoms with Gasteiger partial charge in [0.05, 0.1) is 30.7 Å². The molecule has 2 N–H and O–H groups in total. The summed E-state index contributed by atoms with van der Waals surface area (Å²) in [5.41, 5.74) is 3.03. The van der Waals surface area contributed by atoms with E-state index in [4.69, 9.17) is 4.74 Å². The maximum absolute atomic E-state index is 12.4. The van der Waals surface area contributed by atoms with Crippen molar-refractivity contribution < 1.29 is 9.53 Å². The first-order valence-electron chi connectivity index (χ1n) is 9.38. The fourth-order valence-corrected chi connectivity index (χ4v) is 3.65. The predicted octanol–water partition coefficient (Wildman–Crippen LogP) is 3.99. The first-order chi connectivity index (χ1) is 12.6. The van der Waals surface area contributed by atoms with Crippen LogP contribution in [0.4, 0.5) is 4.79 Å². The van der Waals surface area contributed by atoms with E-state index in [1.54, 1.807) is 7.11 Å². The molecule has 0 unspecified atom stereocenters. The molecule has 2 aromatic rings. The fourth-order valence-electron chi connectivity index (χ4n) is 3.65. The highest BCUT2D eigenvalue weighted by Crippen LogP contribution is 2.41. The first kappa shape index (κ1) is 19.3. The van der Waals surface area contributed by atoms with E-state index in [2.05, 4.69) is 29.6 Å². The predicted molar refractivity (Wildman–Crippen MR) is 106 cm³/mol. The molecule has 27 heavy (non-hydrogen) atoms. The molecule has 2 amide bonds. The van der Waals surface area contributed by atoms with Gasteiger partial charge in [-0.25, -0.2) is 9.48 Å². The van der Waals surface area contributed by atoms with Crippen molar-refractivity contribution >= 4 is 6.03 Å². The van der Waals surface area contributed by atoms with Gasteiger partial charge in [0.1, 0.15) is 5.75 Å². The Bertz CT molecular complexity index is 816. The Morgan fingerprint density at radius 3 is 2.52 bits per heavy atom. The quantitative estimate of drug-likeness (QED) is 0.858. The number of aromatic nitrogens is 2. The van der Waals surface area contributed by atoms with Gasteiger partial charge in [0.25, 0.3) is 0 Å². The molecule has 1 atom stereocenters. The number of amides is 2. The number of hydrogen-bond donors (Lipinski definition) is 2. The number of ether oxygens (including phenoxy) is 1. The molecule has 1 aliphatic rings. The Morgan fingerprint density at radius 2 is 1.93 bits per heavy atom. The van der Waals surface area contributed by atoms with Gasteiger partial charge in [-0.1, -0.05) is 13.8 Å². The summed E-state index contributed by atoms with van der Waals surface area (Å²) in [6, 6.07) is 7.67. The van der Waals surface area contributed by atoms with Crippen LogP contribution in [0.5, 0.6) is 5.75 Å². The SMILES string of the molecule is COc1ccc(-n2ncc3c2CC(C)(C)C[C@@H]3NC(=O)NC(C)(C)C)cc1. The van der Waals surface area contributed by atoms with Crippen molar-refractivity contribution in [1.29, 1.82) is 0 Å². The van der Waals surface area contributed by atoms with Gasteiger partial charge in [0, 0.05) is 11.1 Å². The molecule has 0 radical (unpaired) electrons. The van der Waals surface area contributed by atoms with E-state index in [0.717, 1.165) is 35.5 Å². The lowest BCUT2D eigenvalue weighted by Gasteiger charge is -2.36. The molecule has 6 heteroatoms. The van der Waals surface area contributed by atoms with Gasteiger partial charge < -0.3 is 15.4 Å². The van der Waals surface area contributed by atoms with Crippen molar-refractivity contribution in [3.8, 4) is 11.4 Å². The number of rotatable bonds is 3. The Hall–Kier alpha value is -2.50. The van der Waals surface area contributed by atoms with E-state index >= 15 is 0 Å². The third kappa shape index (κ3) is 4.43. The van der Waals surface area contributed by atoms with Crippen LogP contribution in [-0.2, 0) is 6.42 Å². The molecule has 6 nitrogen and oxygen atoms in total. The minimum Gasteiger partial charge on any atom is -0.497 e. The standard InChI is InChI=1S/C21H30N4O2/c1-20(2,3)24-19(26)23-17-11-21(4,5)12-18-16(17)13-22-25(18)14-7-9-15(27-6)10-8-14/h7-10,13,17H,11-12H2,1-6H3,(H2,23,24,26)/t17-/m0/s1. The minimum atomic E-state index is -0.273. The number of carbonyl (C=O) groups is 1. The second-order valence-corrected chi connectivity index (χ2v) is 9.10. The first-order valence-corrected chi connectivity index (χ1v) is 9.38. The van der Waals surface area contributed by atoms with Crippen LogP contribution < -0.4 is 15.4 Å². The van der Waals surface area contributed by atoms with E-state index in [9.17, 15) is 4.79 Å². The number of hydrogen-bond acceptors (Lipinski definition) is 3. The van der Waals surface area contributed by atoms with Crippen LogP contribution >= 0.6 is 0 Å². The number of nitrogens with zero attached hydrogens (tertiary/aromatic N) is 2. The van der Waals surface area contributed by atoms with Gasteiger partial charge in [-0.3, -0.25) is 0 Å². The molecule has 0 saturated carbocycles. The topological polar surface area (TPSA) is 68.2 Å². The molecule has 0 saturated heterocycles. The van der Waals surface area contributed by atoms with E-state index in [1.807, 2.05) is 55.9 Å². The number of urea groups is 1. The van der Waals surface area contributed by atoms with Gasteiger partial charge in [-0.05, 0) is 63.3 Å². The highest BCUT2D eigenvalue weighted by Gasteiger charge is 2.36. The van der Waals surface area contributed by atoms with Crippen LogP contribution in [0.15, 0.2) is 30.5 Å². The summed E-state index contributed by atoms with van der Waals surface area (Å²) in [5.74, 6) is 0.818. The van der Waals surface area contributed by atoms with Crippen LogP contribution in [0.1, 0.15) is 58.3 Å². The number of benzene rings is 1. The second-order valence-electron chi connectivity index (χ2n) is 9.10. The van der Waals surface area contributed by atoms with E-state index in [1.165, 1.54) is 0 Å². The summed E-state index contributed by atoms with van der Waals surface area (Å²) in [6.07, 6.45) is 3.68. The number of fused-ring (bicyclic) bond motifs is 1. The van der Waals surface area contributed by atoms with Crippen molar-refractivity contribution in [2.75, 3.05) is 7.11 Å². The Morgan fingerprint density at radius 1 is 1.26 bits per heavy atom. The molecule has 3 rings (SSSR count). The smallest absolute Gasteiger partial charge is 0.315 e. The molecular weight excluding hydrogens is 340 g/mol. The summed E-state index contributed by atoms with van der Waals surface area (Å²) < 4.78 is 7.23. The second kappa shape index (κ2) is 6.91. The highest BCUT2D eigenvalue weighted by molar-refractivity contribution is 5.75. The van der Waals surface area contributed by atoms with Crippen LogP contribution in [0.3, 0.4) is 0 Å². The van der Waals surface area contributed by atoms with Gasteiger partial charge in [-0.2, -0.15) is 5.10 Å². The van der Waals surface area contributed by atoms with Gasteiger partial charge in [-0.15, -0.1) is 0 Å². The van der Waals surface area contributed by atoms with E-state index < -0.39 is 0 Å². The fraction of sp³-hybridized carbons (Fsp3) is 0.524. The van der Waals surface area contributed by atoms with Crippen LogP contribution in [-0.4, -0.2) is 28.5 Å². The molecule has 1 aliphatic carbocycles. The van der Waals surface area contributed by atoms with Crippen molar-refractivity contribution in [3.63, 3.8) is 0 Å².